The molecule has 0 saturated carbocycles. The summed E-state index contributed by atoms with van der Waals surface area (Å²) in [5, 5.41) is 5.94. The number of amides is 1. The molecule has 2 heterocycles. The van der Waals surface area contributed by atoms with E-state index in [2.05, 4.69) is 20.6 Å². The van der Waals surface area contributed by atoms with E-state index in [0.717, 1.165) is 17.1 Å². The number of nitrogens with zero attached hydrogens (tertiary/aromatic N) is 2. The molecule has 6 nitrogen and oxygen atoms in total. The van der Waals surface area contributed by atoms with Crippen LogP contribution in [-0.2, 0) is 4.79 Å². The van der Waals surface area contributed by atoms with Gasteiger partial charge in [0.05, 0.1) is 6.26 Å². The SMILES string of the molecule is Cc1cc(C)nc(Nc2ccc(NC(=O)/C=C/c3ccco3)cc2)n1. The third-order valence-corrected chi connectivity index (χ3v) is 3.33. The number of nitrogens with one attached hydrogen (secondary N) is 2. The summed E-state index contributed by atoms with van der Waals surface area (Å²) in [6.07, 6.45) is 4.60. The summed E-state index contributed by atoms with van der Waals surface area (Å²) in [7, 11) is 0. The van der Waals surface area contributed by atoms with Gasteiger partial charge in [0.2, 0.25) is 11.9 Å². The van der Waals surface area contributed by atoms with Crippen LogP contribution in [0.4, 0.5) is 17.3 Å². The normalized spacial score (nSPS) is 10.8. The van der Waals surface area contributed by atoms with E-state index < -0.39 is 0 Å². The Morgan fingerprint density at radius 1 is 1.04 bits per heavy atom. The standard InChI is InChI=1S/C19H18N4O2/c1-13-12-14(2)21-19(20-13)23-16-7-5-15(6-8-16)22-18(24)10-9-17-4-3-11-25-17/h3-12H,1-2H3,(H,22,24)(H,20,21,23)/b10-9+. The number of furan rings is 1. The number of anilines is 3. The Morgan fingerprint density at radius 2 is 1.72 bits per heavy atom. The molecule has 0 aliphatic heterocycles. The van der Waals surface area contributed by atoms with Crippen LogP contribution in [0.3, 0.4) is 0 Å². The van der Waals surface area contributed by atoms with Crippen LogP contribution < -0.4 is 10.6 Å². The lowest BCUT2D eigenvalue weighted by molar-refractivity contribution is -0.111. The third-order valence-electron chi connectivity index (χ3n) is 3.33. The molecule has 1 amide bonds. The zero-order chi connectivity index (χ0) is 17.6. The minimum atomic E-state index is -0.227. The zero-order valence-electron chi connectivity index (χ0n) is 14.0. The van der Waals surface area contributed by atoms with Gasteiger partial charge in [0, 0.05) is 28.8 Å². The molecular weight excluding hydrogens is 316 g/mol. The Kier molecular flexibility index (Phi) is 4.89. The molecule has 2 aromatic heterocycles. The highest BCUT2D eigenvalue weighted by Crippen LogP contribution is 2.17. The van der Waals surface area contributed by atoms with Crippen LogP contribution in [0.2, 0.25) is 0 Å². The molecule has 3 rings (SSSR count). The summed E-state index contributed by atoms with van der Waals surface area (Å²) in [5.41, 5.74) is 3.35. The number of carbonyl (C=O) groups excluding carboxylic acids is 1. The van der Waals surface area contributed by atoms with Gasteiger partial charge < -0.3 is 15.1 Å². The van der Waals surface area contributed by atoms with Crippen LogP contribution in [0, 0.1) is 13.8 Å². The van der Waals surface area contributed by atoms with Crippen molar-refractivity contribution in [2.75, 3.05) is 10.6 Å². The second kappa shape index (κ2) is 7.44. The van der Waals surface area contributed by atoms with E-state index in [9.17, 15) is 4.79 Å². The Labute approximate surface area is 145 Å². The molecular formula is C19H18N4O2. The smallest absolute Gasteiger partial charge is 0.248 e. The van der Waals surface area contributed by atoms with Crippen molar-refractivity contribution in [3.63, 3.8) is 0 Å². The minimum absolute atomic E-state index is 0.227. The average Bonchev–Trinajstić information content (AvgIpc) is 3.07. The number of aromatic nitrogens is 2. The van der Waals surface area contributed by atoms with E-state index in [4.69, 9.17) is 4.42 Å². The summed E-state index contributed by atoms with van der Waals surface area (Å²) in [5.74, 6) is 0.952. The molecule has 0 spiro atoms. The monoisotopic (exact) mass is 334 g/mol. The summed E-state index contributed by atoms with van der Waals surface area (Å²) in [6, 6.07) is 12.8. The molecule has 1 aromatic carbocycles. The largest absolute Gasteiger partial charge is 0.465 e. The maximum Gasteiger partial charge on any atom is 0.248 e. The van der Waals surface area contributed by atoms with Gasteiger partial charge in [0.15, 0.2) is 0 Å². The number of rotatable bonds is 5. The van der Waals surface area contributed by atoms with Crippen LogP contribution in [0.25, 0.3) is 6.08 Å². The fraction of sp³-hybridized carbons (Fsp3) is 0.105. The molecule has 3 aromatic rings. The van der Waals surface area contributed by atoms with Crippen LogP contribution in [0.5, 0.6) is 0 Å². The topological polar surface area (TPSA) is 80.0 Å². The summed E-state index contributed by atoms with van der Waals surface area (Å²) in [6.45, 7) is 3.85. The highest BCUT2D eigenvalue weighted by Gasteiger charge is 2.02. The van der Waals surface area contributed by atoms with Crippen molar-refractivity contribution < 1.29 is 9.21 Å². The van der Waals surface area contributed by atoms with Gasteiger partial charge in [-0.15, -0.1) is 0 Å². The van der Waals surface area contributed by atoms with Crippen molar-refractivity contribution in [2.24, 2.45) is 0 Å². The molecule has 0 fully saturated rings. The molecule has 0 unspecified atom stereocenters. The molecule has 0 aliphatic rings. The van der Waals surface area contributed by atoms with E-state index in [1.807, 2.05) is 44.2 Å². The van der Waals surface area contributed by atoms with Gasteiger partial charge in [-0.25, -0.2) is 9.97 Å². The Morgan fingerprint density at radius 3 is 2.36 bits per heavy atom. The van der Waals surface area contributed by atoms with Gasteiger partial charge in [-0.05, 0) is 62.4 Å². The van der Waals surface area contributed by atoms with E-state index in [0.29, 0.717) is 17.4 Å². The van der Waals surface area contributed by atoms with Gasteiger partial charge in [0.1, 0.15) is 5.76 Å². The van der Waals surface area contributed by atoms with Gasteiger partial charge >= 0.3 is 0 Å². The van der Waals surface area contributed by atoms with Gasteiger partial charge in [0.25, 0.3) is 0 Å². The van der Waals surface area contributed by atoms with Crippen molar-refractivity contribution in [3.05, 3.63) is 72.0 Å². The number of hydrogen-bond donors (Lipinski definition) is 2. The van der Waals surface area contributed by atoms with E-state index in [1.165, 1.54) is 6.08 Å². The zero-order valence-corrected chi connectivity index (χ0v) is 14.0. The molecule has 2 N–H and O–H groups in total. The van der Waals surface area contributed by atoms with Crippen molar-refractivity contribution in [3.8, 4) is 0 Å². The lowest BCUT2D eigenvalue weighted by atomic mass is 10.2. The number of carbonyl (C=O) groups is 1. The molecule has 0 bridgehead atoms. The van der Waals surface area contributed by atoms with Gasteiger partial charge in [-0.1, -0.05) is 0 Å². The quantitative estimate of drug-likeness (QED) is 0.687. The van der Waals surface area contributed by atoms with Crippen molar-refractivity contribution in [1.82, 2.24) is 9.97 Å². The molecule has 0 saturated heterocycles. The second-order valence-corrected chi connectivity index (χ2v) is 5.51. The first-order chi connectivity index (χ1) is 12.1. The van der Waals surface area contributed by atoms with Crippen LogP contribution in [-0.4, -0.2) is 15.9 Å². The first-order valence-corrected chi connectivity index (χ1v) is 7.80. The third kappa shape index (κ3) is 4.78. The second-order valence-electron chi connectivity index (χ2n) is 5.51. The van der Waals surface area contributed by atoms with Gasteiger partial charge in [-0.2, -0.15) is 0 Å². The van der Waals surface area contributed by atoms with E-state index in [-0.39, 0.29) is 5.91 Å². The van der Waals surface area contributed by atoms with Crippen molar-refractivity contribution in [2.45, 2.75) is 13.8 Å². The van der Waals surface area contributed by atoms with Crippen molar-refractivity contribution >= 4 is 29.3 Å². The summed E-state index contributed by atoms with van der Waals surface area (Å²) >= 11 is 0. The van der Waals surface area contributed by atoms with Crippen LogP contribution in [0.15, 0.2) is 59.2 Å². The maximum atomic E-state index is 11.9. The van der Waals surface area contributed by atoms with Crippen LogP contribution in [0.1, 0.15) is 17.1 Å². The first kappa shape index (κ1) is 16.4. The van der Waals surface area contributed by atoms with Crippen molar-refractivity contribution in [1.29, 1.82) is 0 Å². The molecule has 0 atom stereocenters. The fourth-order valence-electron chi connectivity index (χ4n) is 2.28. The maximum absolute atomic E-state index is 11.9. The summed E-state index contributed by atoms with van der Waals surface area (Å²) in [4.78, 5) is 20.6. The molecule has 0 radical (unpaired) electrons. The lowest BCUT2D eigenvalue weighted by Gasteiger charge is -2.08. The minimum Gasteiger partial charge on any atom is -0.465 e. The molecule has 25 heavy (non-hydrogen) atoms. The molecule has 6 heteroatoms. The molecule has 126 valence electrons. The first-order valence-electron chi connectivity index (χ1n) is 7.80. The van der Waals surface area contributed by atoms with E-state index >= 15 is 0 Å². The Bertz CT molecular complexity index is 864. The predicted octanol–water partition coefficient (Wildman–Crippen LogP) is 4.08. The van der Waals surface area contributed by atoms with Crippen LogP contribution >= 0.6 is 0 Å². The Hall–Kier alpha value is -3.41. The molecule has 0 aliphatic carbocycles. The van der Waals surface area contributed by atoms with Gasteiger partial charge in [-0.3, -0.25) is 4.79 Å². The Balaban J connectivity index is 1.61. The number of aryl methyl sites for hydroxylation is 2. The predicted molar refractivity (Wildman–Crippen MR) is 97.6 cm³/mol. The lowest BCUT2D eigenvalue weighted by Crippen LogP contribution is -2.07. The number of hydrogen-bond acceptors (Lipinski definition) is 5. The highest BCUT2D eigenvalue weighted by atomic mass is 16.3. The fourth-order valence-corrected chi connectivity index (χ4v) is 2.28. The summed E-state index contributed by atoms with van der Waals surface area (Å²) < 4.78 is 5.14. The number of benzene rings is 1. The highest BCUT2D eigenvalue weighted by molar-refractivity contribution is 6.01. The average molecular weight is 334 g/mol. The van der Waals surface area contributed by atoms with E-state index in [1.54, 1.807) is 24.5 Å².